The van der Waals surface area contributed by atoms with Gasteiger partial charge in [-0.05, 0) is 56.3 Å². The zero-order valence-corrected chi connectivity index (χ0v) is 19.0. The molecule has 0 bridgehead atoms. The number of hydrogen-bond acceptors (Lipinski definition) is 2. The minimum Gasteiger partial charge on any atom is -0.352 e. The van der Waals surface area contributed by atoms with Crippen LogP contribution in [0.15, 0.2) is 47.5 Å². The van der Waals surface area contributed by atoms with Crippen LogP contribution in [0.5, 0.6) is 0 Å². The first-order valence-electron chi connectivity index (χ1n) is 8.85. The summed E-state index contributed by atoms with van der Waals surface area (Å²) in [5.74, 6) is 0.507. The van der Waals surface area contributed by atoms with E-state index in [9.17, 15) is 4.39 Å². The summed E-state index contributed by atoms with van der Waals surface area (Å²) in [6.07, 6.45) is 0. The lowest BCUT2D eigenvalue weighted by molar-refractivity contribution is 0.402. The molecule has 2 aromatic carbocycles. The summed E-state index contributed by atoms with van der Waals surface area (Å²) in [5.41, 5.74) is 4.02. The highest BCUT2D eigenvalue weighted by Crippen LogP contribution is 2.16. The van der Waals surface area contributed by atoms with E-state index in [-0.39, 0.29) is 35.8 Å². The van der Waals surface area contributed by atoms with Crippen molar-refractivity contribution in [2.75, 3.05) is 21.1 Å². The smallest absolute Gasteiger partial charge is 0.191 e. The minimum atomic E-state index is -0.183. The third-order valence-electron chi connectivity index (χ3n) is 4.25. The SMILES string of the molecule is CN=C(NCc1ccc(CN(C)C)cc1)NC(C)c1ccc(C)c(F)c1.I. The second-order valence-electron chi connectivity index (χ2n) is 6.85. The van der Waals surface area contributed by atoms with Gasteiger partial charge in [-0.15, -0.1) is 24.0 Å². The minimum absolute atomic E-state index is 0. The predicted octanol–water partition coefficient (Wildman–Crippen LogP) is 4.24. The van der Waals surface area contributed by atoms with Crippen LogP contribution in [0, 0.1) is 12.7 Å². The number of aryl methyl sites for hydroxylation is 1. The van der Waals surface area contributed by atoms with Crippen molar-refractivity contribution in [3.63, 3.8) is 0 Å². The molecule has 0 amide bonds. The maximum Gasteiger partial charge on any atom is 0.191 e. The Labute approximate surface area is 179 Å². The fourth-order valence-electron chi connectivity index (χ4n) is 2.67. The Morgan fingerprint density at radius 1 is 1.11 bits per heavy atom. The monoisotopic (exact) mass is 484 g/mol. The molecule has 0 saturated heterocycles. The summed E-state index contributed by atoms with van der Waals surface area (Å²) in [7, 11) is 5.86. The third kappa shape index (κ3) is 7.46. The Balaban J connectivity index is 0.00000364. The molecule has 2 aromatic rings. The highest BCUT2D eigenvalue weighted by Gasteiger charge is 2.09. The normalized spacial score (nSPS) is 12.5. The summed E-state index contributed by atoms with van der Waals surface area (Å²) in [6.45, 7) is 5.37. The fraction of sp³-hybridized carbons (Fsp3) is 0.381. The van der Waals surface area contributed by atoms with Crippen molar-refractivity contribution in [3.8, 4) is 0 Å². The van der Waals surface area contributed by atoms with Crippen LogP contribution in [0.4, 0.5) is 4.39 Å². The molecule has 0 aliphatic rings. The van der Waals surface area contributed by atoms with Crippen molar-refractivity contribution in [3.05, 3.63) is 70.5 Å². The van der Waals surface area contributed by atoms with E-state index in [1.54, 1.807) is 26.1 Å². The fourth-order valence-corrected chi connectivity index (χ4v) is 2.67. The second kappa shape index (κ2) is 11.2. The number of benzene rings is 2. The molecule has 6 heteroatoms. The molecule has 4 nitrogen and oxygen atoms in total. The Morgan fingerprint density at radius 2 is 1.74 bits per heavy atom. The van der Waals surface area contributed by atoms with Gasteiger partial charge in [-0.2, -0.15) is 0 Å². The summed E-state index contributed by atoms with van der Waals surface area (Å²) in [6, 6.07) is 13.8. The Hall–Kier alpha value is -1.67. The molecule has 0 heterocycles. The van der Waals surface area contributed by atoms with E-state index in [2.05, 4.69) is 58.9 Å². The number of nitrogens with one attached hydrogen (secondary N) is 2. The number of rotatable bonds is 6. The van der Waals surface area contributed by atoms with Gasteiger partial charge in [-0.3, -0.25) is 4.99 Å². The van der Waals surface area contributed by atoms with Crippen molar-refractivity contribution in [2.45, 2.75) is 33.0 Å². The zero-order chi connectivity index (χ0) is 19.1. The average molecular weight is 484 g/mol. The van der Waals surface area contributed by atoms with E-state index < -0.39 is 0 Å². The van der Waals surface area contributed by atoms with E-state index in [1.807, 2.05) is 13.0 Å². The molecule has 0 saturated carbocycles. The summed E-state index contributed by atoms with van der Waals surface area (Å²) in [5, 5.41) is 6.61. The topological polar surface area (TPSA) is 39.7 Å². The quantitative estimate of drug-likeness (QED) is 0.366. The van der Waals surface area contributed by atoms with Gasteiger partial charge in [0.05, 0.1) is 6.04 Å². The lowest BCUT2D eigenvalue weighted by Crippen LogP contribution is -2.38. The first-order chi connectivity index (χ1) is 12.4. The average Bonchev–Trinajstić information content (AvgIpc) is 2.61. The summed E-state index contributed by atoms with van der Waals surface area (Å²) < 4.78 is 13.8. The summed E-state index contributed by atoms with van der Waals surface area (Å²) >= 11 is 0. The molecular weight excluding hydrogens is 454 g/mol. The van der Waals surface area contributed by atoms with E-state index in [0.29, 0.717) is 18.1 Å². The van der Waals surface area contributed by atoms with Gasteiger partial charge < -0.3 is 15.5 Å². The molecule has 1 atom stereocenters. The molecule has 2 N–H and O–H groups in total. The maximum atomic E-state index is 13.8. The van der Waals surface area contributed by atoms with Gasteiger partial charge in [0.25, 0.3) is 0 Å². The summed E-state index contributed by atoms with van der Waals surface area (Å²) in [4.78, 5) is 6.41. The van der Waals surface area contributed by atoms with Gasteiger partial charge >= 0.3 is 0 Å². The molecule has 1 unspecified atom stereocenters. The standard InChI is InChI=1S/C21H29FN4.HI/c1-15-6-11-19(12-20(15)22)16(2)25-21(23-3)24-13-17-7-9-18(10-8-17)14-26(4)5;/h6-12,16H,13-14H2,1-5H3,(H2,23,24,25);1H. The zero-order valence-electron chi connectivity index (χ0n) is 16.7. The van der Waals surface area contributed by atoms with Crippen LogP contribution in [0.25, 0.3) is 0 Å². The highest BCUT2D eigenvalue weighted by molar-refractivity contribution is 14.0. The number of nitrogens with zero attached hydrogens (tertiary/aromatic N) is 2. The van der Waals surface area contributed by atoms with Gasteiger partial charge in [-0.1, -0.05) is 36.4 Å². The number of halogens is 2. The molecule has 0 radical (unpaired) electrons. The first-order valence-corrected chi connectivity index (χ1v) is 8.85. The molecule has 0 aliphatic carbocycles. The van der Waals surface area contributed by atoms with Crippen LogP contribution < -0.4 is 10.6 Å². The van der Waals surface area contributed by atoms with Crippen LogP contribution in [0.3, 0.4) is 0 Å². The van der Waals surface area contributed by atoms with Gasteiger partial charge in [0.2, 0.25) is 0 Å². The molecule has 148 valence electrons. The molecule has 27 heavy (non-hydrogen) atoms. The Kier molecular flexibility index (Phi) is 9.73. The maximum absolute atomic E-state index is 13.8. The van der Waals surface area contributed by atoms with Gasteiger partial charge in [0.15, 0.2) is 5.96 Å². The number of hydrogen-bond donors (Lipinski definition) is 2. The van der Waals surface area contributed by atoms with Crippen molar-refractivity contribution in [1.29, 1.82) is 0 Å². The largest absolute Gasteiger partial charge is 0.352 e. The predicted molar refractivity (Wildman–Crippen MR) is 122 cm³/mol. The molecule has 0 fully saturated rings. The first kappa shape index (κ1) is 23.4. The molecule has 2 rings (SSSR count). The molecule has 0 aromatic heterocycles. The lowest BCUT2D eigenvalue weighted by atomic mass is 10.1. The van der Waals surface area contributed by atoms with E-state index in [0.717, 1.165) is 12.1 Å². The number of guanidine groups is 1. The molecule has 0 spiro atoms. The highest BCUT2D eigenvalue weighted by atomic mass is 127. The van der Waals surface area contributed by atoms with Crippen LogP contribution in [-0.2, 0) is 13.1 Å². The van der Waals surface area contributed by atoms with Crippen molar-refractivity contribution >= 4 is 29.9 Å². The van der Waals surface area contributed by atoms with Crippen molar-refractivity contribution in [2.24, 2.45) is 4.99 Å². The van der Waals surface area contributed by atoms with E-state index >= 15 is 0 Å². The molecular formula is C21H30FIN4. The third-order valence-corrected chi connectivity index (χ3v) is 4.25. The number of aliphatic imine (C=N–C) groups is 1. The Morgan fingerprint density at radius 3 is 2.30 bits per heavy atom. The van der Waals surface area contributed by atoms with Crippen LogP contribution in [0.2, 0.25) is 0 Å². The van der Waals surface area contributed by atoms with Crippen molar-refractivity contribution in [1.82, 2.24) is 15.5 Å². The van der Waals surface area contributed by atoms with Crippen LogP contribution >= 0.6 is 24.0 Å². The van der Waals surface area contributed by atoms with Crippen LogP contribution in [-0.4, -0.2) is 32.0 Å². The Bertz CT molecular complexity index is 744. The van der Waals surface area contributed by atoms with E-state index in [1.165, 1.54) is 11.1 Å². The van der Waals surface area contributed by atoms with Crippen molar-refractivity contribution < 1.29 is 4.39 Å². The lowest BCUT2D eigenvalue weighted by Gasteiger charge is -2.19. The van der Waals surface area contributed by atoms with Gasteiger partial charge in [0.1, 0.15) is 5.82 Å². The van der Waals surface area contributed by atoms with Gasteiger partial charge in [-0.25, -0.2) is 4.39 Å². The second-order valence-corrected chi connectivity index (χ2v) is 6.85. The molecule has 0 aliphatic heterocycles. The van der Waals surface area contributed by atoms with E-state index in [4.69, 9.17) is 0 Å². The van der Waals surface area contributed by atoms with Gasteiger partial charge in [0, 0.05) is 20.1 Å². The van der Waals surface area contributed by atoms with Crippen LogP contribution in [0.1, 0.15) is 35.2 Å².